The topological polar surface area (TPSA) is 17.1 Å². The fourth-order valence-corrected chi connectivity index (χ4v) is 5.14. The van der Waals surface area contributed by atoms with Crippen LogP contribution in [0.2, 0.25) is 10.0 Å². The quantitative estimate of drug-likeness (QED) is 0.495. The summed E-state index contributed by atoms with van der Waals surface area (Å²) in [5.41, 5.74) is 3.91. The molecule has 0 unspecified atom stereocenters. The SMILES string of the molecule is O=C(c1ccc(Cl)cc1C1CCCC1)c1ccc(Cl)cc1C1CCCC1. The highest BCUT2D eigenvalue weighted by atomic mass is 35.5. The molecule has 0 radical (unpaired) electrons. The molecule has 2 aromatic rings. The van der Waals surface area contributed by atoms with Crippen molar-refractivity contribution in [2.45, 2.75) is 63.2 Å². The highest BCUT2D eigenvalue weighted by Crippen LogP contribution is 2.40. The first-order chi connectivity index (χ1) is 12.6. The smallest absolute Gasteiger partial charge is 0.193 e. The molecule has 0 bridgehead atoms. The van der Waals surface area contributed by atoms with Crippen molar-refractivity contribution in [3.05, 3.63) is 68.7 Å². The molecular weight excluding hydrogens is 363 g/mol. The predicted octanol–water partition coefficient (Wildman–Crippen LogP) is 7.54. The largest absolute Gasteiger partial charge is 0.289 e. The maximum Gasteiger partial charge on any atom is 0.193 e. The van der Waals surface area contributed by atoms with Crippen molar-refractivity contribution in [1.82, 2.24) is 0 Å². The van der Waals surface area contributed by atoms with Crippen molar-refractivity contribution < 1.29 is 4.79 Å². The van der Waals surface area contributed by atoms with Crippen molar-refractivity contribution in [1.29, 1.82) is 0 Å². The highest BCUT2D eigenvalue weighted by molar-refractivity contribution is 6.31. The monoisotopic (exact) mass is 386 g/mol. The summed E-state index contributed by atoms with van der Waals surface area (Å²) in [4.78, 5) is 13.5. The van der Waals surface area contributed by atoms with Gasteiger partial charge < -0.3 is 0 Å². The van der Waals surface area contributed by atoms with Gasteiger partial charge in [-0.15, -0.1) is 0 Å². The number of halogens is 2. The van der Waals surface area contributed by atoms with Crippen LogP contribution in [0, 0.1) is 0 Å². The zero-order chi connectivity index (χ0) is 18.1. The predicted molar refractivity (Wildman–Crippen MR) is 109 cm³/mol. The molecule has 0 atom stereocenters. The van der Waals surface area contributed by atoms with E-state index in [1.54, 1.807) is 0 Å². The average molecular weight is 387 g/mol. The molecule has 26 heavy (non-hydrogen) atoms. The third-order valence-corrected chi connectivity index (χ3v) is 6.58. The van der Waals surface area contributed by atoms with Crippen LogP contribution in [-0.4, -0.2) is 5.78 Å². The molecule has 0 aromatic heterocycles. The van der Waals surface area contributed by atoms with Gasteiger partial charge in [-0.05, 0) is 85.0 Å². The Kier molecular flexibility index (Phi) is 5.38. The summed E-state index contributed by atoms with van der Waals surface area (Å²) in [6.45, 7) is 0. The Morgan fingerprint density at radius 1 is 0.692 bits per heavy atom. The number of rotatable bonds is 4. The second-order valence-corrected chi connectivity index (χ2v) is 8.63. The van der Waals surface area contributed by atoms with Crippen LogP contribution in [0.5, 0.6) is 0 Å². The van der Waals surface area contributed by atoms with Gasteiger partial charge in [-0.1, -0.05) is 48.9 Å². The van der Waals surface area contributed by atoms with Crippen LogP contribution in [0.15, 0.2) is 36.4 Å². The van der Waals surface area contributed by atoms with Crippen LogP contribution in [0.4, 0.5) is 0 Å². The first-order valence-corrected chi connectivity index (χ1v) is 10.5. The van der Waals surface area contributed by atoms with Gasteiger partial charge in [-0.25, -0.2) is 0 Å². The highest BCUT2D eigenvalue weighted by Gasteiger charge is 2.27. The van der Waals surface area contributed by atoms with Crippen molar-refractivity contribution in [3.8, 4) is 0 Å². The van der Waals surface area contributed by atoms with Crippen molar-refractivity contribution >= 4 is 29.0 Å². The fraction of sp³-hybridized carbons (Fsp3) is 0.435. The van der Waals surface area contributed by atoms with E-state index >= 15 is 0 Å². The summed E-state index contributed by atoms with van der Waals surface area (Å²) in [5, 5.41) is 1.44. The molecule has 3 heteroatoms. The number of hydrogen-bond donors (Lipinski definition) is 0. The van der Waals surface area contributed by atoms with E-state index in [1.165, 1.54) is 25.7 Å². The van der Waals surface area contributed by atoms with Gasteiger partial charge >= 0.3 is 0 Å². The molecule has 1 nitrogen and oxygen atoms in total. The summed E-state index contributed by atoms with van der Waals surface area (Å²) >= 11 is 12.5. The van der Waals surface area contributed by atoms with E-state index in [4.69, 9.17) is 23.2 Å². The normalized spacial score (nSPS) is 18.5. The van der Waals surface area contributed by atoms with Gasteiger partial charge in [0.1, 0.15) is 0 Å². The average Bonchev–Trinajstić information content (AvgIpc) is 3.35. The van der Waals surface area contributed by atoms with Gasteiger partial charge in [0.15, 0.2) is 5.78 Å². The van der Waals surface area contributed by atoms with Crippen LogP contribution in [-0.2, 0) is 0 Å². The first kappa shape index (κ1) is 18.1. The fourth-order valence-electron chi connectivity index (χ4n) is 4.77. The minimum atomic E-state index is 0.127. The molecule has 2 saturated carbocycles. The molecule has 136 valence electrons. The van der Waals surface area contributed by atoms with E-state index in [1.807, 2.05) is 36.4 Å². The van der Waals surface area contributed by atoms with Crippen LogP contribution in [0.1, 0.15) is 90.3 Å². The van der Waals surface area contributed by atoms with E-state index in [0.29, 0.717) is 11.8 Å². The Hall–Kier alpha value is -1.31. The Labute approximate surface area is 165 Å². The molecule has 0 N–H and O–H groups in total. The third kappa shape index (κ3) is 3.57. The van der Waals surface area contributed by atoms with Crippen LogP contribution in [0.25, 0.3) is 0 Å². The number of benzene rings is 2. The molecule has 2 aliphatic rings. The van der Waals surface area contributed by atoms with Gasteiger partial charge in [0.05, 0.1) is 0 Å². The van der Waals surface area contributed by atoms with Gasteiger partial charge in [0, 0.05) is 21.2 Å². The number of carbonyl (C=O) groups is 1. The Morgan fingerprint density at radius 2 is 1.08 bits per heavy atom. The molecule has 0 amide bonds. The van der Waals surface area contributed by atoms with Crippen molar-refractivity contribution in [2.24, 2.45) is 0 Å². The zero-order valence-corrected chi connectivity index (χ0v) is 16.5. The second-order valence-electron chi connectivity index (χ2n) is 7.76. The van der Waals surface area contributed by atoms with Gasteiger partial charge in [0.2, 0.25) is 0 Å². The summed E-state index contributed by atoms with van der Waals surface area (Å²) < 4.78 is 0. The standard InChI is InChI=1S/C23H24Cl2O/c24-17-9-11-19(21(13-17)15-5-1-2-6-15)23(26)20-12-10-18(25)14-22(20)16-7-3-4-8-16/h9-16H,1-8H2. The molecule has 2 aromatic carbocycles. The lowest BCUT2D eigenvalue weighted by Gasteiger charge is -2.19. The van der Waals surface area contributed by atoms with Gasteiger partial charge in [0.25, 0.3) is 0 Å². The van der Waals surface area contributed by atoms with Crippen LogP contribution in [0.3, 0.4) is 0 Å². The summed E-state index contributed by atoms with van der Waals surface area (Å²) in [6, 6.07) is 11.6. The van der Waals surface area contributed by atoms with E-state index in [-0.39, 0.29) is 5.78 Å². The van der Waals surface area contributed by atoms with E-state index in [0.717, 1.165) is 58.0 Å². The van der Waals surface area contributed by atoms with E-state index < -0.39 is 0 Å². The van der Waals surface area contributed by atoms with Crippen molar-refractivity contribution in [3.63, 3.8) is 0 Å². The minimum absolute atomic E-state index is 0.127. The van der Waals surface area contributed by atoms with Crippen LogP contribution < -0.4 is 0 Å². The summed E-state index contributed by atoms with van der Waals surface area (Å²) in [5.74, 6) is 1.03. The number of hydrogen-bond acceptors (Lipinski definition) is 1. The minimum Gasteiger partial charge on any atom is -0.289 e. The lowest BCUT2D eigenvalue weighted by Crippen LogP contribution is -2.11. The van der Waals surface area contributed by atoms with Gasteiger partial charge in [-0.2, -0.15) is 0 Å². The van der Waals surface area contributed by atoms with Crippen molar-refractivity contribution in [2.75, 3.05) is 0 Å². The third-order valence-electron chi connectivity index (χ3n) is 6.11. The maximum atomic E-state index is 13.5. The molecule has 0 heterocycles. The Morgan fingerprint density at radius 3 is 1.46 bits per heavy atom. The molecule has 0 aliphatic heterocycles. The van der Waals surface area contributed by atoms with E-state index in [9.17, 15) is 4.79 Å². The molecule has 2 fully saturated rings. The molecule has 0 saturated heterocycles. The summed E-state index contributed by atoms with van der Waals surface area (Å²) in [7, 11) is 0. The Bertz CT molecular complexity index is 747. The molecule has 4 rings (SSSR count). The zero-order valence-electron chi connectivity index (χ0n) is 14.9. The molecular formula is C23H24Cl2O. The number of ketones is 1. The molecule has 0 spiro atoms. The van der Waals surface area contributed by atoms with Gasteiger partial charge in [-0.3, -0.25) is 4.79 Å². The molecule has 2 aliphatic carbocycles. The second kappa shape index (κ2) is 7.74. The lowest BCUT2D eigenvalue weighted by atomic mass is 9.85. The first-order valence-electron chi connectivity index (χ1n) is 9.77. The lowest BCUT2D eigenvalue weighted by molar-refractivity contribution is 0.103. The van der Waals surface area contributed by atoms with E-state index in [2.05, 4.69) is 0 Å². The summed E-state index contributed by atoms with van der Waals surface area (Å²) in [6.07, 6.45) is 9.54. The number of carbonyl (C=O) groups excluding carboxylic acids is 1. The Balaban J connectivity index is 1.77. The van der Waals surface area contributed by atoms with Crippen LogP contribution >= 0.6 is 23.2 Å². The maximum absolute atomic E-state index is 13.5.